The van der Waals surface area contributed by atoms with Crippen molar-refractivity contribution in [2.24, 2.45) is 0 Å². The molecule has 2 N–H and O–H groups in total. The minimum absolute atomic E-state index is 0.0376. The fourth-order valence-corrected chi connectivity index (χ4v) is 4.20. The van der Waals surface area contributed by atoms with Crippen LogP contribution in [0.15, 0.2) is 47.1 Å². The lowest BCUT2D eigenvalue weighted by atomic mass is 9.95. The molecule has 3 heterocycles. The Hall–Kier alpha value is -4.18. The van der Waals surface area contributed by atoms with Crippen molar-refractivity contribution in [1.29, 1.82) is 0 Å². The van der Waals surface area contributed by atoms with Crippen molar-refractivity contribution >= 4 is 0 Å². The van der Waals surface area contributed by atoms with Gasteiger partial charge in [0.25, 0.3) is 5.89 Å². The summed E-state index contributed by atoms with van der Waals surface area (Å²) in [6, 6.07) is 9.21. The molecule has 10 heteroatoms. The number of aromatic nitrogens is 4. The number of hydrogen-bond donors (Lipinski definition) is 2. The zero-order chi connectivity index (χ0) is 26.4. The third kappa shape index (κ3) is 5.64. The van der Waals surface area contributed by atoms with Gasteiger partial charge in [-0.25, -0.2) is 4.98 Å². The van der Waals surface area contributed by atoms with Crippen LogP contribution in [0.25, 0.3) is 22.6 Å². The van der Waals surface area contributed by atoms with Crippen LogP contribution in [0.2, 0.25) is 0 Å². The van der Waals surface area contributed by atoms with E-state index >= 15 is 0 Å². The Kier molecular flexibility index (Phi) is 8.19. The van der Waals surface area contributed by atoms with Gasteiger partial charge < -0.3 is 24.1 Å². The van der Waals surface area contributed by atoms with Gasteiger partial charge >= 0.3 is 0 Å². The van der Waals surface area contributed by atoms with Crippen LogP contribution in [0.1, 0.15) is 36.9 Å². The molecular weight excluding hydrogens is 474 g/mol. The smallest absolute Gasteiger partial charge is 0.257 e. The number of benzene rings is 1. The highest BCUT2D eigenvalue weighted by Crippen LogP contribution is 2.49. The second kappa shape index (κ2) is 11.7. The zero-order valence-electron chi connectivity index (χ0n) is 21.4. The molecule has 0 aliphatic carbocycles. The number of pyridine rings is 2. The van der Waals surface area contributed by atoms with Crippen molar-refractivity contribution in [3.05, 3.63) is 59.9 Å². The zero-order valence-corrected chi connectivity index (χ0v) is 21.4. The monoisotopic (exact) mass is 505 g/mol. The first-order valence-electron chi connectivity index (χ1n) is 12.0. The van der Waals surface area contributed by atoms with E-state index in [1.54, 1.807) is 44.8 Å². The molecule has 0 atom stereocenters. The van der Waals surface area contributed by atoms with E-state index in [1.807, 2.05) is 24.1 Å². The minimum Gasteiger partial charge on any atom is -0.506 e. The van der Waals surface area contributed by atoms with Gasteiger partial charge in [0.15, 0.2) is 0 Å². The molecular formula is C27H31N5O5. The van der Waals surface area contributed by atoms with Crippen molar-refractivity contribution in [3.8, 4) is 45.7 Å². The number of ether oxygens (including phenoxy) is 2. The quantitative estimate of drug-likeness (QED) is 0.299. The highest BCUT2D eigenvalue weighted by molar-refractivity contribution is 5.88. The summed E-state index contributed by atoms with van der Waals surface area (Å²) >= 11 is 0. The molecule has 4 aromatic rings. The SMILES string of the molecule is CCCCc1nc(O)c(-c2nnc(CN(C)Cc3cccnc3)o2)c(O)c1-c1c(OC)cccc1OC. The van der Waals surface area contributed by atoms with Crippen molar-refractivity contribution in [2.45, 2.75) is 39.3 Å². The van der Waals surface area contributed by atoms with E-state index in [0.29, 0.717) is 53.7 Å². The molecule has 194 valence electrons. The summed E-state index contributed by atoms with van der Waals surface area (Å²) in [7, 11) is 5.01. The normalized spacial score (nSPS) is 11.2. The fraction of sp³-hybridized carbons (Fsp3) is 0.333. The van der Waals surface area contributed by atoms with Gasteiger partial charge in [-0.3, -0.25) is 9.88 Å². The summed E-state index contributed by atoms with van der Waals surface area (Å²) in [5.74, 6) is 0.653. The first-order valence-corrected chi connectivity index (χ1v) is 12.0. The summed E-state index contributed by atoms with van der Waals surface area (Å²) < 4.78 is 17.0. The van der Waals surface area contributed by atoms with Gasteiger partial charge in [-0.05, 0) is 43.7 Å². The summed E-state index contributed by atoms with van der Waals surface area (Å²) in [5, 5.41) is 30.6. The van der Waals surface area contributed by atoms with Gasteiger partial charge in [-0.1, -0.05) is 25.5 Å². The largest absolute Gasteiger partial charge is 0.506 e. The fourth-order valence-electron chi connectivity index (χ4n) is 4.20. The molecule has 0 bridgehead atoms. The average Bonchev–Trinajstić information content (AvgIpc) is 3.35. The maximum Gasteiger partial charge on any atom is 0.257 e. The number of methoxy groups -OCH3 is 2. The van der Waals surface area contributed by atoms with Gasteiger partial charge in [-0.15, -0.1) is 10.2 Å². The van der Waals surface area contributed by atoms with Crippen LogP contribution >= 0.6 is 0 Å². The summed E-state index contributed by atoms with van der Waals surface area (Å²) in [6.45, 7) is 3.05. The lowest BCUT2D eigenvalue weighted by molar-refractivity contribution is 0.282. The number of aromatic hydroxyl groups is 2. The summed E-state index contributed by atoms with van der Waals surface area (Å²) in [4.78, 5) is 10.6. The molecule has 3 aromatic heterocycles. The van der Waals surface area contributed by atoms with E-state index in [2.05, 4.69) is 27.1 Å². The standard InChI is InChI=1S/C27H31N5O5/c1-5-6-10-18-22(23-19(35-3)11-7-12-20(23)36-4)25(33)24(26(34)29-18)27-31-30-21(37-27)16-32(2)15-17-9-8-13-28-14-17/h7-9,11-14H,5-6,10,15-16H2,1-4H3,(H2,29,33,34). The molecule has 0 saturated carbocycles. The predicted octanol–water partition coefficient (Wildman–Crippen LogP) is 4.60. The molecule has 0 spiro atoms. The maximum absolute atomic E-state index is 11.5. The molecule has 4 rings (SSSR count). The van der Waals surface area contributed by atoms with Crippen LogP contribution in [-0.2, 0) is 19.5 Å². The van der Waals surface area contributed by atoms with Crippen LogP contribution < -0.4 is 9.47 Å². The van der Waals surface area contributed by atoms with E-state index < -0.39 is 0 Å². The number of aryl methyl sites for hydroxylation is 1. The molecule has 10 nitrogen and oxygen atoms in total. The first kappa shape index (κ1) is 25.9. The molecule has 0 aliphatic heterocycles. The summed E-state index contributed by atoms with van der Waals surface area (Å²) in [6.07, 6.45) is 5.77. The van der Waals surface area contributed by atoms with E-state index in [1.165, 1.54) is 0 Å². The highest BCUT2D eigenvalue weighted by atomic mass is 16.5. The topological polar surface area (TPSA) is 127 Å². The first-order chi connectivity index (χ1) is 18.0. The van der Waals surface area contributed by atoms with Crippen LogP contribution in [-0.4, -0.2) is 56.5 Å². The maximum atomic E-state index is 11.5. The van der Waals surface area contributed by atoms with Crippen molar-refractivity contribution in [1.82, 2.24) is 25.1 Å². The molecule has 1 aromatic carbocycles. The Labute approximate surface area is 215 Å². The number of hydrogen-bond acceptors (Lipinski definition) is 10. The van der Waals surface area contributed by atoms with Crippen LogP contribution in [0.5, 0.6) is 23.1 Å². The number of unbranched alkanes of at least 4 members (excludes halogenated alkanes) is 1. The Morgan fingerprint density at radius 1 is 0.946 bits per heavy atom. The Bertz CT molecular complexity index is 1320. The predicted molar refractivity (Wildman–Crippen MR) is 137 cm³/mol. The van der Waals surface area contributed by atoms with Crippen molar-refractivity contribution < 1.29 is 24.1 Å². The lowest BCUT2D eigenvalue weighted by Crippen LogP contribution is -2.17. The third-order valence-electron chi connectivity index (χ3n) is 5.93. The molecule has 0 saturated heterocycles. The lowest BCUT2D eigenvalue weighted by Gasteiger charge is -2.19. The van der Waals surface area contributed by atoms with Gasteiger partial charge in [0, 0.05) is 18.9 Å². The summed E-state index contributed by atoms with van der Waals surface area (Å²) in [5.41, 5.74) is 2.43. The second-order valence-electron chi connectivity index (χ2n) is 8.66. The molecule has 0 fully saturated rings. The van der Waals surface area contributed by atoms with Crippen LogP contribution in [0.4, 0.5) is 0 Å². The van der Waals surface area contributed by atoms with Crippen molar-refractivity contribution in [3.63, 3.8) is 0 Å². The Balaban J connectivity index is 1.75. The molecule has 0 unspecified atom stereocenters. The Morgan fingerprint density at radius 3 is 2.35 bits per heavy atom. The van der Waals surface area contributed by atoms with E-state index in [-0.39, 0.29) is 23.1 Å². The number of nitrogens with zero attached hydrogens (tertiary/aromatic N) is 5. The van der Waals surface area contributed by atoms with Gasteiger partial charge in [0.1, 0.15) is 22.8 Å². The molecule has 37 heavy (non-hydrogen) atoms. The van der Waals surface area contributed by atoms with E-state index in [0.717, 1.165) is 18.4 Å². The molecule has 0 amide bonds. The van der Waals surface area contributed by atoms with Crippen molar-refractivity contribution in [2.75, 3.05) is 21.3 Å². The Morgan fingerprint density at radius 2 is 1.70 bits per heavy atom. The van der Waals surface area contributed by atoms with Gasteiger partial charge in [0.05, 0.1) is 37.6 Å². The third-order valence-corrected chi connectivity index (χ3v) is 5.93. The van der Waals surface area contributed by atoms with Crippen LogP contribution in [0, 0.1) is 0 Å². The van der Waals surface area contributed by atoms with E-state index in [9.17, 15) is 10.2 Å². The van der Waals surface area contributed by atoms with Gasteiger partial charge in [-0.2, -0.15) is 0 Å². The molecule has 0 aliphatic rings. The molecule has 0 radical (unpaired) electrons. The highest BCUT2D eigenvalue weighted by Gasteiger charge is 2.28. The van der Waals surface area contributed by atoms with Gasteiger partial charge in [0.2, 0.25) is 11.8 Å². The second-order valence-corrected chi connectivity index (χ2v) is 8.66. The minimum atomic E-state index is -0.389. The number of rotatable bonds is 11. The van der Waals surface area contributed by atoms with Crippen LogP contribution in [0.3, 0.4) is 0 Å². The van der Waals surface area contributed by atoms with E-state index in [4.69, 9.17) is 13.9 Å². The average molecular weight is 506 g/mol.